The SMILES string of the molecule is COCCN1CCC(C(=O)N2CCCN(CCn3ccnc3)CC2)C1. The van der Waals surface area contributed by atoms with Crippen molar-refractivity contribution in [2.24, 2.45) is 5.92 Å². The van der Waals surface area contributed by atoms with Crippen LogP contribution in [0.3, 0.4) is 0 Å². The molecule has 7 nitrogen and oxygen atoms in total. The van der Waals surface area contributed by atoms with E-state index in [-0.39, 0.29) is 5.92 Å². The molecule has 0 radical (unpaired) electrons. The monoisotopic (exact) mass is 349 g/mol. The second-order valence-corrected chi connectivity index (χ2v) is 7.10. The zero-order chi connectivity index (χ0) is 17.5. The minimum absolute atomic E-state index is 0.175. The van der Waals surface area contributed by atoms with E-state index in [4.69, 9.17) is 4.74 Å². The molecule has 3 rings (SSSR count). The third kappa shape index (κ3) is 5.26. The van der Waals surface area contributed by atoms with Crippen molar-refractivity contribution in [3.63, 3.8) is 0 Å². The molecule has 0 bridgehead atoms. The summed E-state index contributed by atoms with van der Waals surface area (Å²) >= 11 is 0. The van der Waals surface area contributed by atoms with Gasteiger partial charge in [-0.15, -0.1) is 0 Å². The molecule has 1 atom stereocenters. The summed E-state index contributed by atoms with van der Waals surface area (Å²) in [6.07, 6.45) is 7.74. The van der Waals surface area contributed by atoms with Gasteiger partial charge in [-0.05, 0) is 25.9 Å². The van der Waals surface area contributed by atoms with E-state index in [1.54, 1.807) is 7.11 Å². The van der Waals surface area contributed by atoms with E-state index in [0.717, 1.165) is 78.4 Å². The topological polar surface area (TPSA) is 53.8 Å². The van der Waals surface area contributed by atoms with Gasteiger partial charge in [-0.3, -0.25) is 9.69 Å². The second kappa shape index (κ2) is 9.31. The van der Waals surface area contributed by atoms with E-state index >= 15 is 0 Å². The Morgan fingerprint density at radius 2 is 2.04 bits per heavy atom. The fraction of sp³-hybridized carbons (Fsp3) is 0.778. The first-order valence-corrected chi connectivity index (χ1v) is 9.44. The summed E-state index contributed by atoms with van der Waals surface area (Å²) in [5.74, 6) is 0.533. The molecule has 7 heteroatoms. The predicted molar refractivity (Wildman–Crippen MR) is 96.3 cm³/mol. The van der Waals surface area contributed by atoms with Crippen molar-refractivity contribution in [2.75, 3.05) is 66.1 Å². The number of aromatic nitrogens is 2. The molecule has 2 fully saturated rings. The molecule has 2 aliphatic heterocycles. The van der Waals surface area contributed by atoms with Crippen LogP contribution in [0.25, 0.3) is 0 Å². The Hall–Kier alpha value is -1.44. The van der Waals surface area contributed by atoms with Crippen molar-refractivity contribution in [1.82, 2.24) is 24.3 Å². The van der Waals surface area contributed by atoms with Crippen LogP contribution >= 0.6 is 0 Å². The number of carbonyl (C=O) groups is 1. The second-order valence-electron chi connectivity index (χ2n) is 7.10. The number of nitrogens with zero attached hydrogens (tertiary/aromatic N) is 5. The molecule has 1 unspecified atom stereocenters. The minimum atomic E-state index is 0.175. The summed E-state index contributed by atoms with van der Waals surface area (Å²) in [6.45, 7) is 9.38. The molecule has 25 heavy (non-hydrogen) atoms. The fourth-order valence-corrected chi connectivity index (χ4v) is 3.81. The largest absolute Gasteiger partial charge is 0.383 e. The first kappa shape index (κ1) is 18.4. The van der Waals surface area contributed by atoms with Gasteiger partial charge < -0.3 is 19.1 Å². The summed E-state index contributed by atoms with van der Waals surface area (Å²) in [4.78, 5) is 23.9. The number of ether oxygens (including phenoxy) is 1. The highest BCUT2D eigenvalue weighted by Gasteiger charge is 2.31. The lowest BCUT2D eigenvalue weighted by molar-refractivity contribution is -0.135. The van der Waals surface area contributed by atoms with Gasteiger partial charge in [0.05, 0.1) is 18.9 Å². The Bertz CT molecular complexity index is 522. The number of hydrogen-bond donors (Lipinski definition) is 0. The number of likely N-dealkylation sites (tertiary alicyclic amines) is 1. The van der Waals surface area contributed by atoms with Gasteiger partial charge in [0, 0.05) is 65.3 Å². The molecule has 1 aromatic heterocycles. The molecule has 1 aromatic rings. The van der Waals surface area contributed by atoms with Gasteiger partial charge in [-0.25, -0.2) is 4.98 Å². The van der Waals surface area contributed by atoms with Crippen molar-refractivity contribution < 1.29 is 9.53 Å². The predicted octanol–water partition coefficient (Wildman–Crippen LogP) is 0.386. The van der Waals surface area contributed by atoms with Gasteiger partial charge in [0.25, 0.3) is 0 Å². The summed E-state index contributed by atoms with van der Waals surface area (Å²) in [5, 5.41) is 0. The van der Waals surface area contributed by atoms with Gasteiger partial charge in [-0.1, -0.05) is 0 Å². The number of methoxy groups -OCH3 is 1. The van der Waals surface area contributed by atoms with Crippen LogP contribution in [0, 0.1) is 5.92 Å². The Kier molecular flexibility index (Phi) is 6.84. The maximum Gasteiger partial charge on any atom is 0.227 e. The number of hydrogen-bond acceptors (Lipinski definition) is 5. The van der Waals surface area contributed by atoms with E-state index in [0.29, 0.717) is 5.91 Å². The summed E-state index contributed by atoms with van der Waals surface area (Å²) in [6, 6.07) is 0. The van der Waals surface area contributed by atoms with E-state index in [2.05, 4.69) is 24.3 Å². The lowest BCUT2D eigenvalue weighted by atomic mass is 10.1. The molecule has 2 saturated heterocycles. The van der Waals surface area contributed by atoms with Crippen LogP contribution in [-0.4, -0.2) is 96.2 Å². The zero-order valence-electron chi connectivity index (χ0n) is 15.3. The first-order valence-electron chi connectivity index (χ1n) is 9.44. The third-order valence-electron chi connectivity index (χ3n) is 5.37. The number of rotatable bonds is 7. The summed E-state index contributed by atoms with van der Waals surface area (Å²) in [7, 11) is 1.73. The molecule has 0 spiro atoms. The van der Waals surface area contributed by atoms with E-state index in [1.807, 2.05) is 18.7 Å². The summed E-state index contributed by atoms with van der Waals surface area (Å²) in [5.41, 5.74) is 0. The minimum Gasteiger partial charge on any atom is -0.383 e. The fourth-order valence-electron chi connectivity index (χ4n) is 3.81. The maximum absolute atomic E-state index is 12.9. The van der Waals surface area contributed by atoms with Crippen molar-refractivity contribution in [3.05, 3.63) is 18.7 Å². The highest BCUT2D eigenvalue weighted by molar-refractivity contribution is 5.79. The Morgan fingerprint density at radius 1 is 1.12 bits per heavy atom. The first-order chi connectivity index (χ1) is 12.3. The standard InChI is InChI=1S/C18H31N5O2/c1-25-14-13-21-7-3-17(15-21)18(24)23-6-2-5-20(11-12-23)9-10-22-8-4-19-16-22/h4,8,16-17H,2-3,5-7,9-15H2,1H3. The highest BCUT2D eigenvalue weighted by atomic mass is 16.5. The zero-order valence-corrected chi connectivity index (χ0v) is 15.3. The molecule has 3 heterocycles. The number of carbonyl (C=O) groups excluding carboxylic acids is 1. The average Bonchev–Trinajstić information content (AvgIpc) is 3.26. The molecule has 0 aromatic carbocycles. The van der Waals surface area contributed by atoms with Gasteiger partial charge >= 0.3 is 0 Å². The van der Waals surface area contributed by atoms with Crippen molar-refractivity contribution in [1.29, 1.82) is 0 Å². The van der Waals surface area contributed by atoms with Crippen LogP contribution in [0.2, 0.25) is 0 Å². The van der Waals surface area contributed by atoms with Crippen LogP contribution in [-0.2, 0) is 16.1 Å². The highest BCUT2D eigenvalue weighted by Crippen LogP contribution is 2.19. The lowest BCUT2D eigenvalue weighted by Crippen LogP contribution is -2.40. The lowest BCUT2D eigenvalue weighted by Gasteiger charge is -2.25. The maximum atomic E-state index is 12.9. The van der Waals surface area contributed by atoms with E-state index in [1.165, 1.54) is 0 Å². The van der Waals surface area contributed by atoms with Crippen molar-refractivity contribution in [2.45, 2.75) is 19.4 Å². The summed E-state index contributed by atoms with van der Waals surface area (Å²) < 4.78 is 7.26. The molecule has 0 saturated carbocycles. The number of amides is 1. The van der Waals surface area contributed by atoms with E-state index < -0.39 is 0 Å². The van der Waals surface area contributed by atoms with E-state index in [9.17, 15) is 4.79 Å². The van der Waals surface area contributed by atoms with Crippen LogP contribution < -0.4 is 0 Å². The molecule has 2 aliphatic rings. The van der Waals surface area contributed by atoms with Crippen molar-refractivity contribution >= 4 is 5.91 Å². The molecule has 140 valence electrons. The smallest absolute Gasteiger partial charge is 0.227 e. The Labute approximate surface area is 150 Å². The molecular formula is C18H31N5O2. The molecule has 1 amide bonds. The molecular weight excluding hydrogens is 318 g/mol. The Morgan fingerprint density at radius 3 is 2.84 bits per heavy atom. The normalized spacial score (nSPS) is 23.1. The quantitative estimate of drug-likeness (QED) is 0.713. The van der Waals surface area contributed by atoms with Gasteiger partial charge in [-0.2, -0.15) is 0 Å². The van der Waals surface area contributed by atoms with Crippen LogP contribution in [0.15, 0.2) is 18.7 Å². The average molecular weight is 349 g/mol. The van der Waals surface area contributed by atoms with Gasteiger partial charge in [0.15, 0.2) is 0 Å². The molecule has 0 N–H and O–H groups in total. The van der Waals surface area contributed by atoms with Crippen LogP contribution in [0.4, 0.5) is 0 Å². The number of imidazole rings is 1. The van der Waals surface area contributed by atoms with Crippen molar-refractivity contribution in [3.8, 4) is 0 Å². The Balaban J connectivity index is 1.42. The van der Waals surface area contributed by atoms with Gasteiger partial charge in [0.2, 0.25) is 5.91 Å². The van der Waals surface area contributed by atoms with Crippen LogP contribution in [0.5, 0.6) is 0 Å². The third-order valence-corrected chi connectivity index (χ3v) is 5.37. The molecule has 0 aliphatic carbocycles. The van der Waals surface area contributed by atoms with Gasteiger partial charge in [0.1, 0.15) is 0 Å². The van der Waals surface area contributed by atoms with Crippen LogP contribution in [0.1, 0.15) is 12.8 Å².